The average Bonchev–Trinajstić information content (AvgIpc) is 2.61. The molecule has 3 aromatic rings. The second-order valence-electron chi connectivity index (χ2n) is 5.37. The summed E-state index contributed by atoms with van der Waals surface area (Å²) in [6.45, 7) is 0. The fourth-order valence-electron chi connectivity index (χ4n) is 2.41. The Labute approximate surface area is 180 Å². The topological polar surface area (TPSA) is 166 Å². The summed E-state index contributed by atoms with van der Waals surface area (Å²) < 4.78 is 32.1. The molecule has 0 saturated carbocycles. The molecule has 0 amide bonds. The Morgan fingerprint density at radius 2 is 1.64 bits per heavy atom. The van der Waals surface area contributed by atoms with Gasteiger partial charge in [0, 0.05) is 22.9 Å². The second-order valence-corrected chi connectivity index (χ2v) is 6.76. The molecular formula is C16H10N3NaO7S. The zero-order valence-corrected chi connectivity index (χ0v) is 17.1. The van der Waals surface area contributed by atoms with Crippen LogP contribution in [0.1, 0.15) is 0 Å². The molecule has 138 valence electrons. The number of phenolic OH excluding ortho intramolecular Hbond substituents is 1. The van der Waals surface area contributed by atoms with Gasteiger partial charge < -0.3 is 10.2 Å². The van der Waals surface area contributed by atoms with E-state index < -0.39 is 26.5 Å². The number of hydrogen-bond acceptors (Lipinski definition) is 8. The molecule has 10 nitrogen and oxygen atoms in total. The zero-order valence-electron chi connectivity index (χ0n) is 14.3. The number of non-ortho nitro benzene ring substituents is 1. The number of fused-ring (bicyclic) bond motifs is 1. The fraction of sp³-hybridized carbons (Fsp3) is 0. The molecule has 0 aliphatic carbocycles. The summed E-state index contributed by atoms with van der Waals surface area (Å²) in [6, 6.07) is 9.39. The first-order valence-electron chi connectivity index (χ1n) is 7.28. The molecule has 0 spiro atoms. The molecule has 0 fully saturated rings. The smallest absolute Gasteiger partial charge is 0.871 e. The van der Waals surface area contributed by atoms with Gasteiger partial charge in [0.15, 0.2) is 5.75 Å². The van der Waals surface area contributed by atoms with Gasteiger partial charge in [0.05, 0.1) is 10.6 Å². The Morgan fingerprint density at radius 3 is 2.29 bits per heavy atom. The molecule has 3 aromatic carbocycles. The number of nitro benzene ring substituents is 1. The van der Waals surface area contributed by atoms with E-state index in [9.17, 15) is 33.3 Å². The zero-order chi connectivity index (χ0) is 19.8. The maximum Gasteiger partial charge on any atom is 1.00 e. The monoisotopic (exact) mass is 411 g/mol. The maximum absolute atomic E-state index is 11.7. The van der Waals surface area contributed by atoms with Crippen molar-refractivity contribution in [2.24, 2.45) is 10.2 Å². The van der Waals surface area contributed by atoms with Crippen molar-refractivity contribution in [1.82, 2.24) is 0 Å². The Kier molecular flexibility index (Phi) is 6.37. The van der Waals surface area contributed by atoms with Gasteiger partial charge in [-0.05, 0) is 12.1 Å². The molecule has 0 aromatic heterocycles. The first kappa shape index (κ1) is 21.7. The van der Waals surface area contributed by atoms with Crippen molar-refractivity contribution < 1.29 is 57.7 Å². The first-order chi connectivity index (χ1) is 12.7. The predicted molar refractivity (Wildman–Crippen MR) is 92.1 cm³/mol. The third kappa shape index (κ3) is 4.29. The van der Waals surface area contributed by atoms with Gasteiger partial charge in [-0.25, -0.2) is 0 Å². The van der Waals surface area contributed by atoms with Crippen molar-refractivity contribution in [1.29, 1.82) is 0 Å². The van der Waals surface area contributed by atoms with E-state index in [0.29, 0.717) is 0 Å². The molecule has 3 rings (SSSR count). The molecule has 0 heterocycles. The van der Waals surface area contributed by atoms with Crippen LogP contribution in [-0.4, -0.2) is 23.0 Å². The van der Waals surface area contributed by atoms with Crippen molar-refractivity contribution in [2.45, 2.75) is 4.90 Å². The Hall–Kier alpha value is -2.57. The van der Waals surface area contributed by atoms with E-state index in [1.165, 1.54) is 30.3 Å². The molecule has 0 aliphatic rings. The van der Waals surface area contributed by atoms with E-state index in [1.807, 2.05) is 0 Å². The van der Waals surface area contributed by atoms with Crippen molar-refractivity contribution in [3.63, 3.8) is 0 Å². The Morgan fingerprint density at radius 1 is 0.964 bits per heavy atom. The van der Waals surface area contributed by atoms with Crippen LogP contribution in [0.5, 0.6) is 11.5 Å². The Bertz CT molecular complexity index is 1210. The number of hydrogen-bond donors (Lipinski definition) is 2. The van der Waals surface area contributed by atoms with E-state index in [0.717, 1.165) is 18.2 Å². The quantitative estimate of drug-likeness (QED) is 0.203. The van der Waals surface area contributed by atoms with Crippen LogP contribution in [0.3, 0.4) is 0 Å². The van der Waals surface area contributed by atoms with Gasteiger partial charge in [0.1, 0.15) is 10.6 Å². The molecule has 12 heteroatoms. The molecule has 0 aliphatic heterocycles. The molecule has 28 heavy (non-hydrogen) atoms. The van der Waals surface area contributed by atoms with E-state index in [4.69, 9.17) is 0 Å². The summed E-state index contributed by atoms with van der Waals surface area (Å²) in [5.74, 6) is -1.03. The summed E-state index contributed by atoms with van der Waals surface area (Å²) >= 11 is 0. The van der Waals surface area contributed by atoms with Crippen molar-refractivity contribution >= 4 is 38.0 Å². The van der Waals surface area contributed by atoms with Gasteiger partial charge in [0.2, 0.25) is 0 Å². The van der Waals surface area contributed by atoms with Gasteiger partial charge >= 0.3 is 29.6 Å². The van der Waals surface area contributed by atoms with Crippen LogP contribution in [0.15, 0.2) is 63.7 Å². The van der Waals surface area contributed by atoms with Crippen LogP contribution in [0, 0.1) is 10.1 Å². The standard InChI is InChI=1S/C16H11N3O7S.Na/c20-14-7-4-9(19(22)23)8-13(14)18-17-12-6-5-10-11(16(12)21)2-1-3-15(10)27(24,25)26;/h1-8,20-21H,(H,24,25,26);/q;+1/p-1. The fourth-order valence-corrected chi connectivity index (χ4v) is 3.12. The summed E-state index contributed by atoms with van der Waals surface area (Å²) in [6.07, 6.45) is 0. The molecule has 0 atom stereocenters. The minimum atomic E-state index is -4.50. The number of nitro groups is 1. The average molecular weight is 411 g/mol. The van der Waals surface area contributed by atoms with E-state index in [2.05, 4.69) is 10.2 Å². The third-order valence-electron chi connectivity index (χ3n) is 3.67. The van der Waals surface area contributed by atoms with Gasteiger partial charge in [-0.1, -0.05) is 30.0 Å². The summed E-state index contributed by atoms with van der Waals surface area (Å²) in [7, 11) is -4.50. The largest absolute Gasteiger partial charge is 1.00 e. The maximum atomic E-state index is 11.7. The predicted octanol–water partition coefficient (Wildman–Crippen LogP) is 0.193. The number of benzene rings is 3. The van der Waals surface area contributed by atoms with Crippen LogP contribution in [0.4, 0.5) is 17.1 Å². The van der Waals surface area contributed by atoms with Gasteiger partial charge in [0.25, 0.3) is 15.8 Å². The van der Waals surface area contributed by atoms with Crippen LogP contribution in [-0.2, 0) is 10.1 Å². The van der Waals surface area contributed by atoms with E-state index in [1.54, 1.807) is 0 Å². The molecular weight excluding hydrogens is 401 g/mol. The van der Waals surface area contributed by atoms with Gasteiger partial charge in [-0.15, -0.1) is 5.11 Å². The number of rotatable bonds is 4. The summed E-state index contributed by atoms with van der Waals surface area (Å²) in [4.78, 5) is 9.69. The Balaban J connectivity index is 0.00000280. The van der Waals surface area contributed by atoms with Crippen molar-refractivity contribution in [3.8, 4) is 11.5 Å². The van der Waals surface area contributed by atoms with Crippen molar-refractivity contribution in [2.75, 3.05) is 0 Å². The first-order valence-corrected chi connectivity index (χ1v) is 8.72. The molecule has 2 N–H and O–H groups in total. The molecule has 0 bridgehead atoms. The molecule has 0 saturated heterocycles. The van der Waals surface area contributed by atoms with Crippen molar-refractivity contribution in [3.05, 3.63) is 58.6 Å². The van der Waals surface area contributed by atoms with Gasteiger partial charge in [-0.3, -0.25) is 14.7 Å². The van der Waals surface area contributed by atoms with Crippen LogP contribution in [0.2, 0.25) is 0 Å². The number of nitrogens with zero attached hydrogens (tertiary/aromatic N) is 3. The number of azo groups is 1. The normalized spacial score (nSPS) is 11.5. The number of phenols is 1. The SMILES string of the molecule is O=[N+]([O-])c1ccc([O-])c(N=Nc2ccc3c(S(=O)(=O)O)cccc3c2O)c1.[Na+]. The van der Waals surface area contributed by atoms with E-state index in [-0.39, 0.29) is 62.3 Å². The van der Waals surface area contributed by atoms with E-state index >= 15 is 0 Å². The molecule has 0 radical (unpaired) electrons. The summed E-state index contributed by atoms with van der Waals surface area (Å²) in [5, 5.41) is 40.3. The second kappa shape index (κ2) is 8.20. The summed E-state index contributed by atoms with van der Waals surface area (Å²) in [5.41, 5.74) is -0.736. The van der Waals surface area contributed by atoms with Gasteiger partial charge in [-0.2, -0.15) is 13.5 Å². The minimum absolute atomic E-state index is 0. The number of aromatic hydroxyl groups is 1. The minimum Gasteiger partial charge on any atom is -0.871 e. The van der Waals surface area contributed by atoms with Crippen LogP contribution >= 0.6 is 0 Å². The van der Waals surface area contributed by atoms with Crippen LogP contribution in [0.25, 0.3) is 10.8 Å². The third-order valence-corrected chi connectivity index (χ3v) is 4.58. The van der Waals surface area contributed by atoms with Crippen LogP contribution < -0.4 is 34.7 Å². The molecule has 0 unspecified atom stereocenters.